The smallest absolute Gasteiger partial charge is 0.166 e. The van der Waals surface area contributed by atoms with Crippen molar-refractivity contribution in [1.82, 2.24) is 4.57 Å². The molecule has 0 aliphatic heterocycles. The molecular formula is C13H16N2O2. The van der Waals surface area contributed by atoms with Crippen LogP contribution in [-0.2, 0) is 7.05 Å². The molecular weight excluding hydrogens is 216 g/mol. The zero-order valence-electron chi connectivity index (χ0n) is 10.1. The van der Waals surface area contributed by atoms with Crippen molar-refractivity contribution >= 4 is 16.7 Å². The van der Waals surface area contributed by atoms with Crippen LogP contribution in [0.3, 0.4) is 0 Å². The minimum atomic E-state index is 0.0753. The van der Waals surface area contributed by atoms with Gasteiger partial charge < -0.3 is 15.0 Å². The van der Waals surface area contributed by atoms with Gasteiger partial charge in [0.15, 0.2) is 5.78 Å². The highest BCUT2D eigenvalue weighted by molar-refractivity contribution is 6.09. The Morgan fingerprint density at radius 1 is 1.47 bits per heavy atom. The summed E-state index contributed by atoms with van der Waals surface area (Å²) < 4.78 is 7.22. The number of ether oxygens (including phenoxy) is 1. The van der Waals surface area contributed by atoms with Crippen LogP contribution in [0.5, 0.6) is 5.75 Å². The van der Waals surface area contributed by atoms with Crippen LogP contribution >= 0.6 is 0 Å². The Morgan fingerprint density at radius 2 is 2.24 bits per heavy atom. The van der Waals surface area contributed by atoms with Crippen LogP contribution in [0.25, 0.3) is 10.9 Å². The predicted octanol–water partition coefficient (Wildman–Crippen LogP) is 1.72. The van der Waals surface area contributed by atoms with Gasteiger partial charge in [-0.2, -0.15) is 0 Å². The molecule has 4 heteroatoms. The number of hydrogen-bond donors (Lipinski definition) is 1. The van der Waals surface area contributed by atoms with E-state index in [4.69, 9.17) is 10.5 Å². The molecule has 4 nitrogen and oxygen atoms in total. The topological polar surface area (TPSA) is 57.2 Å². The van der Waals surface area contributed by atoms with E-state index in [0.29, 0.717) is 18.5 Å². The monoisotopic (exact) mass is 232 g/mol. The molecule has 0 radical (unpaired) electrons. The van der Waals surface area contributed by atoms with Gasteiger partial charge in [-0.1, -0.05) is 12.1 Å². The number of hydrogen-bond acceptors (Lipinski definition) is 3. The molecule has 0 fully saturated rings. The van der Waals surface area contributed by atoms with E-state index in [0.717, 1.165) is 16.7 Å². The maximum Gasteiger partial charge on any atom is 0.166 e. The van der Waals surface area contributed by atoms with E-state index in [1.807, 2.05) is 36.0 Å². The fourth-order valence-corrected chi connectivity index (χ4v) is 2.08. The fourth-order valence-electron chi connectivity index (χ4n) is 2.08. The van der Waals surface area contributed by atoms with Gasteiger partial charge in [-0.05, 0) is 12.6 Å². The van der Waals surface area contributed by atoms with Gasteiger partial charge in [0, 0.05) is 30.6 Å². The van der Waals surface area contributed by atoms with E-state index in [1.165, 1.54) is 0 Å². The highest BCUT2D eigenvalue weighted by Crippen LogP contribution is 2.29. The summed E-state index contributed by atoms with van der Waals surface area (Å²) >= 11 is 0. The number of aromatic nitrogens is 1. The summed E-state index contributed by atoms with van der Waals surface area (Å²) in [5.41, 5.74) is 7.08. The van der Waals surface area contributed by atoms with Gasteiger partial charge in [-0.3, -0.25) is 4.79 Å². The van der Waals surface area contributed by atoms with E-state index in [9.17, 15) is 4.79 Å². The third-order valence-electron chi connectivity index (χ3n) is 2.86. The van der Waals surface area contributed by atoms with Crippen molar-refractivity contribution in [2.24, 2.45) is 12.8 Å². The molecule has 0 spiro atoms. The van der Waals surface area contributed by atoms with E-state index in [1.54, 1.807) is 7.11 Å². The number of fused-ring (bicyclic) bond motifs is 1. The summed E-state index contributed by atoms with van der Waals surface area (Å²) in [6.45, 7) is 0.374. The first-order chi connectivity index (χ1) is 8.19. The quantitative estimate of drug-likeness (QED) is 0.816. The zero-order valence-corrected chi connectivity index (χ0v) is 10.1. The van der Waals surface area contributed by atoms with Gasteiger partial charge in [0.2, 0.25) is 0 Å². The fraction of sp³-hybridized carbons (Fsp3) is 0.308. The molecule has 0 bridgehead atoms. The van der Waals surface area contributed by atoms with Crippen molar-refractivity contribution in [3.63, 3.8) is 0 Å². The van der Waals surface area contributed by atoms with Crippen molar-refractivity contribution in [2.45, 2.75) is 6.42 Å². The van der Waals surface area contributed by atoms with Crippen LogP contribution in [0.1, 0.15) is 16.8 Å². The summed E-state index contributed by atoms with van der Waals surface area (Å²) in [4.78, 5) is 11.9. The lowest BCUT2D eigenvalue weighted by molar-refractivity contribution is 0.0987. The second-order valence-electron chi connectivity index (χ2n) is 3.97. The van der Waals surface area contributed by atoms with Crippen LogP contribution in [0.4, 0.5) is 0 Å². The van der Waals surface area contributed by atoms with Crippen molar-refractivity contribution < 1.29 is 9.53 Å². The summed E-state index contributed by atoms with van der Waals surface area (Å²) in [7, 11) is 3.53. The molecule has 0 atom stereocenters. The maximum atomic E-state index is 11.9. The largest absolute Gasteiger partial charge is 0.495 e. The van der Waals surface area contributed by atoms with Crippen LogP contribution in [0, 0.1) is 0 Å². The van der Waals surface area contributed by atoms with Crippen molar-refractivity contribution in [2.75, 3.05) is 13.7 Å². The molecule has 0 aliphatic carbocycles. The number of nitrogens with two attached hydrogens (primary N) is 1. The molecule has 1 aromatic carbocycles. The zero-order chi connectivity index (χ0) is 12.4. The van der Waals surface area contributed by atoms with Gasteiger partial charge in [0.1, 0.15) is 5.75 Å². The van der Waals surface area contributed by atoms with Crippen molar-refractivity contribution in [1.29, 1.82) is 0 Å². The third-order valence-corrected chi connectivity index (χ3v) is 2.86. The van der Waals surface area contributed by atoms with Crippen LogP contribution in [0.2, 0.25) is 0 Å². The minimum absolute atomic E-state index is 0.0753. The number of rotatable bonds is 4. The molecule has 0 aliphatic rings. The average molecular weight is 232 g/mol. The number of Topliss-reactive ketones (excluding diaryl/α,β-unsaturated/α-hetero) is 1. The molecule has 0 unspecified atom stereocenters. The lowest BCUT2D eigenvalue weighted by Crippen LogP contribution is -2.07. The van der Waals surface area contributed by atoms with E-state index >= 15 is 0 Å². The predicted molar refractivity (Wildman–Crippen MR) is 67.5 cm³/mol. The third kappa shape index (κ3) is 1.91. The standard InChI is InChI=1S/C13H16N2O2/c1-15-8-10(11(16)6-7-14)9-4-3-5-12(17-2)13(9)15/h3-5,8H,6-7,14H2,1-2H3. The number of methoxy groups -OCH3 is 1. The average Bonchev–Trinajstić information content (AvgIpc) is 2.67. The Bertz CT molecular complexity index is 558. The van der Waals surface area contributed by atoms with Gasteiger partial charge in [-0.25, -0.2) is 0 Å². The Balaban J connectivity index is 2.63. The number of nitrogens with zero attached hydrogens (tertiary/aromatic N) is 1. The molecule has 1 aromatic heterocycles. The van der Waals surface area contributed by atoms with Gasteiger partial charge >= 0.3 is 0 Å². The number of carbonyl (C=O) groups excluding carboxylic acids is 1. The van der Waals surface area contributed by atoms with E-state index in [-0.39, 0.29) is 5.78 Å². The summed E-state index contributed by atoms with van der Waals surface area (Å²) in [5.74, 6) is 0.850. The maximum absolute atomic E-state index is 11.9. The Hall–Kier alpha value is -1.81. The molecule has 1 heterocycles. The number of para-hydroxylation sites is 1. The molecule has 0 amide bonds. The second-order valence-corrected chi connectivity index (χ2v) is 3.97. The van der Waals surface area contributed by atoms with Crippen molar-refractivity contribution in [3.05, 3.63) is 30.0 Å². The number of ketones is 1. The summed E-state index contributed by atoms with van der Waals surface area (Å²) in [6.07, 6.45) is 2.21. The first kappa shape index (κ1) is 11.7. The number of aryl methyl sites for hydroxylation is 1. The number of benzene rings is 1. The Morgan fingerprint density at radius 3 is 2.88 bits per heavy atom. The highest BCUT2D eigenvalue weighted by Gasteiger charge is 2.15. The first-order valence-corrected chi connectivity index (χ1v) is 5.54. The second kappa shape index (κ2) is 4.59. The van der Waals surface area contributed by atoms with E-state index < -0.39 is 0 Å². The van der Waals surface area contributed by atoms with Gasteiger partial charge in [-0.15, -0.1) is 0 Å². The Kier molecular flexibility index (Phi) is 3.15. The van der Waals surface area contributed by atoms with E-state index in [2.05, 4.69) is 0 Å². The summed E-state index contributed by atoms with van der Waals surface area (Å²) in [6, 6.07) is 5.71. The van der Waals surface area contributed by atoms with Gasteiger partial charge in [0.25, 0.3) is 0 Å². The van der Waals surface area contributed by atoms with Crippen LogP contribution < -0.4 is 10.5 Å². The molecule has 2 aromatic rings. The highest BCUT2D eigenvalue weighted by atomic mass is 16.5. The lowest BCUT2D eigenvalue weighted by Gasteiger charge is -2.03. The molecule has 2 N–H and O–H groups in total. The molecule has 2 rings (SSSR count). The first-order valence-electron chi connectivity index (χ1n) is 5.54. The molecule has 0 saturated heterocycles. The van der Waals surface area contributed by atoms with Crippen LogP contribution in [-0.4, -0.2) is 24.0 Å². The summed E-state index contributed by atoms with van der Waals surface area (Å²) in [5, 5.41) is 0.922. The molecule has 0 saturated carbocycles. The van der Waals surface area contributed by atoms with Crippen molar-refractivity contribution in [3.8, 4) is 5.75 Å². The Labute approximate surface area is 100.0 Å². The molecule has 17 heavy (non-hydrogen) atoms. The minimum Gasteiger partial charge on any atom is -0.495 e. The SMILES string of the molecule is COc1cccc2c(C(=O)CCN)cn(C)c12. The lowest BCUT2D eigenvalue weighted by atomic mass is 10.1. The normalized spacial score (nSPS) is 10.8. The van der Waals surface area contributed by atoms with Crippen LogP contribution in [0.15, 0.2) is 24.4 Å². The van der Waals surface area contributed by atoms with Gasteiger partial charge in [0.05, 0.1) is 12.6 Å². The number of carbonyl (C=O) groups is 1. The molecule has 90 valence electrons.